The van der Waals surface area contributed by atoms with Crippen molar-refractivity contribution in [2.45, 2.75) is 94.0 Å². The standard InChI is InChI=1S/C28H41ClO2SeSi/c1-4-7-20-33(21-8-5-2,22-9-6-3)31-27(30)23-26(29)28(24-16-12-10-13-17-24)32-25-18-14-11-15-19-25/h10-19,26,28H,4-9,20-23H2,1-3H3/t26-,28+/m1/s1. The Balaban J connectivity index is 2.16. The Kier molecular flexibility index (Phi) is 13.5. The van der Waals surface area contributed by atoms with E-state index in [0.717, 1.165) is 56.7 Å². The number of halogens is 1. The van der Waals surface area contributed by atoms with Gasteiger partial charge in [0.05, 0.1) is 0 Å². The summed E-state index contributed by atoms with van der Waals surface area (Å²) >= 11 is 7.13. The third kappa shape index (κ3) is 9.98. The summed E-state index contributed by atoms with van der Waals surface area (Å²) in [7, 11) is -2.08. The molecule has 5 heteroatoms. The summed E-state index contributed by atoms with van der Waals surface area (Å²) in [6.07, 6.45) is 7.20. The Morgan fingerprint density at radius 2 is 1.33 bits per heavy atom. The fourth-order valence-electron chi connectivity index (χ4n) is 4.21. The van der Waals surface area contributed by atoms with Crippen molar-refractivity contribution in [2.75, 3.05) is 0 Å². The Morgan fingerprint density at radius 1 is 0.848 bits per heavy atom. The molecule has 0 saturated heterocycles. The average molecular weight is 552 g/mol. The first-order valence-corrected chi connectivity index (χ1v) is 17.5. The summed E-state index contributed by atoms with van der Waals surface area (Å²) in [5, 5.41) is -0.268. The molecule has 0 spiro atoms. The summed E-state index contributed by atoms with van der Waals surface area (Å²) in [5.74, 6) is -0.0743. The van der Waals surface area contributed by atoms with Crippen molar-refractivity contribution >= 4 is 45.3 Å². The summed E-state index contributed by atoms with van der Waals surface area (Å²) in [6, 6.07) is 24.2. The summed E-state index contributed by atoms with van der Waals surface area (Å²) in [5.41, 5.74) is 1.21. The number of benzene rings is 2. The van der Waals surface area contributed by atoms with Crippen LogP contribution in [0.25, 0.3) is 0 Å². The van der Waals surface area contributed by atoms with Crippen LogP contribution in [0.4, 0.5) is 0 Å². The van der Waals surface area contributed by atoms with Crippen molar-refractivity contribution in [1.29, 1.82) is 0 Å². The number of hydrogen-bond acceptors (Lipinski definition) is 2. The molecule has 2 aromatic carbocycles. The number of carbonyl (C=O) groups excluding carboxylic acids is 1. The SMILES string of the molecule is CCCC[Si](CCCC)(CCCC)OC(=O)C[C@@H](Cl)[C@@H]([Se]c1ccccc1)c1ccccc1. The molecule has 0 heterocycles. The normalized spacial score (nSPS) is 13.5. The number of alkyl halides is 1. The van der Waals surface area contributed by atoms with Crippen LogP contribution in [0.2, 0.25) is 18.1 Å². The van der Waals surface area contributed by atoms with E-state index >= 15 is 0 Å². The van der Waals surface area contributed by atoms with Crippen LogP contribution < -0.4 is 4.46 Å². The number of rotatable bonds is 16. The Hall–Kier alpha value is -1.06. The minimum absolute atomic E-state index is 0.0743. The van der Waals surface area contributed by atoms with E-state index in [1.807, 2.05) is 12.1 Å². The third-order valence-electron chi connectivity index (χ3n) is 6.11. The first kappa shape index (κ1) is 28.2. The monoisotopic (exact) mass is 552 g/mol. The molecule has 0 aliphatic carbocycles. The molecule has 0 saturated carbocycles. The van der Waals surface area contributed by atoms with Crippen molar-refractivity contribution < 1.29 is 9.22 Å². The molecule has 33 heavy (non-hydrogen) atoms. The van der Waals surface area contributed by atoms with Crippen LogP contribution in [0.1, 0.15) is 76.1 Å². The van der Waals surface area contributed by atoms with E-state index in [4.69, 9.17) is 16.0 Å². The van der Waals surface area contributed by atoms with Gasteiger partial charge in [-0.1, -0.05) is 0 Å². The van der Waals surface area contributed by atoms with Crippen molar-refractivity contribution in [3.63, 3.8) is 0 Å². The fraction of sp³-hybridized carbons (Fsp3) is 0.536. The molecule has 0 aromatic heterocycles. The first-order chi connectivity index (χ1) is 16.0. The molecule has 0 N–H and O–H groups in total. The average Bonchev–Trinajstić information content (AvgIpc) is 2.84. The topological polar surface area (TPSA) is 26.3 Å². The van der Waals surface area contributed by atoms with Crippen LogP contribution in [0.3, 0.4) is 0 Å². The zero-order valence-electron chi connectivity index (χ0n) is 20.6. The van der Waals surface area contributed by atoms with E-state index in [1.54, 1.807) is 0 Å². The quantitative estimate of drug-likeness (QED) is 0.158. The van der Waals surface area contributed by atoms with Crippen LogP contribution in [0, 0.1) is 0 Å². The predicted octanol–water partition coefficient (Wildman–Crippen LogP) is 7.64. The van der Waals surface area contributed by atoms with Gasteiger partial charge in [-0.15, -0.1) is 0 Å². The predicted molar refractivity (Wildman–Crippen MR) is 146 cm³/mol. The molecule has 182 valence electrons. The van der Waals surface area contributed by atoms with E-state index < -0.39 is 8.32 Å². The molecule has 0 radical (unpaired) electrons. The first-order valence-electron chi connectivity index (χ1n) is 12.7. The van der Waals surface area contributed by atoms with E-state index in [2.05, 4.69) is 69.3 Å². The molecule has 2 rings (SSSR count). The summed E-state index contributed by atoms with van der Waals surface area (Å²) in [4.78, 5) is 13.4. The van der Waals surface area contributed by atoms with E-state index in [9.17, 15) is 4.79 Å². The number of hydrogen-bond donors (Lipinski definition) is 0. The third-order valence-corrected chi connectivity index (χ3v) is 14.2. The molecule has 0 aliphatic rings. The van der Waals surface area contributed by atoms with Gasteiger partial charge in [0.25, 0.3) is 0 Å². The molecular weight excluding hydrogens is 511 g/mol. The number of carbonyl (C=O) groups is 1. The molecule has 0 fully saturated rings. The van der Waals surface area contributed by atoms with E-state index in [-0.39, 0.29) is 37.5 Å². The van der Waals surface area contributed by atoms with Crippen molar-refractivity contribution in [3.8, 4) is 0 Å². The van der Waals surface area contributed by atoms with Gasteiger partial charge in [-0.3, -0.25) is 0 Å². The summed E-state index contributed by atoms with van der Waals surface area (Å²) in [6.45, 7) is 6.68. The van der Waals surface area contributed by atoms with Gasteiger partial charge in [0.15, 0.2) is 0 Å². The second-order valence-corrected chi connectivity index (χ2v) is 16.1. The van der Waals surface area contributed by atoms with Crippen molar-refractivity contribution in [1.82, 2.24) is 0 Å². The fourth-order valence-corrected chi connectivity index (χ4v) is 11.8. The van der Waals surface area contributed by atoms with Gasteiger partial charge >= 0.3 is 215 Å². The van der Waals surface area contributed by atoms with Crippen molar-refractivity contribution in [3.05, 3.63) is 66.2 Å². The van der Waals surface area contributed by atoms with Crippen LogP contribution in [0.5, 0.6) is 0 Å². The molecule has 2 aromatic rings. The van der Waals surface area contributed by atoms with Crippen molar-refractivity contribution in [2.24, 2.45) is 0 Å². The zero-order valence-corrected chi connectivity index (χ0v) is 24.1. The Morgan fingerprint density at radius 3 is 1.82 bits per heavy atom. The molecular formula is C28H41ClO2SeSi. The molecule has 0 bridgehead atoms. The van der Waals surface area contributed by atoms with Gasteiger partial charge in [-0.25, -0.2) is 0 Å². The molecule has 2 nitrogen and oxygen atoms in total. The van der Waals surface area contributed by atoms with Crippen LogP contribution in [-0.4, -0.2) is 34.6 Å². The molecule has 0 amide bonds. The number of unbranched alkanes of at least 4 members (excludes halogenated alkanes) is 3. The van der Waals surface area contributed by atoms with Crippen LogP contribution >= 0.6 is 11.6 Å². The van der Waals surface area contributed by atoms with Gasteiger partial charge in [-0.2, -0.15) is 0 Å². The Bertz CT molecular complexity index is 765. The summed E-state index contributed by atoms with van der Waals surface area (Å²) < 4.78 is 7.78. The maximum atomic E-state index is 13.3. The van der Waals surface area contributed by atoms with Gasteiger partial charge in [0.2, 0.25) is 0 Å². The second kappa shape index (κ2) is 15.8. The Labute approximate surface area is 214 Å². The van der Waals surface area contributed by atoms with E-state index in [0.29, 0.717) is 0 Å². The van der Waals surface area contributed by atoms with Gasteiger partial charge in [-0.05, 0) is 0 Å². The maximum absolute atomic E-state index is 13.3. The van der Waals surface area contributed by atoms with Gasteiger partial charge in [0.1, 0.15) is 0 Å². The van der Waals surface area contributed by atoms with E-state index in [1.165, 1.54) is 10.0 Å². The molecule has 2 atom stereocenters. The van der Waals surface area contributed by atoms with Crippen LogP contribution in [0.15, 0.2) is 60.7 Å². The van der Waals surface area contributed by atoms with Crippen LogP contribution in [-0.2, 0) is 9.22 Å². The van der Waals surface area contributed by atoms with Gasteiger partial charge in [0, 0.05) is 0 Å². The minimum atomic E-state index is -2.08. The van der Waals surface area contributed by atoms with Gasteiger partial charge < -0.3 is 0 Å². The zero-order chi connectivity index (χ0) is 23.9. The molecule has 0 aliphatic heterocycles. The second-order valence-electron chi connectivity index (χ2n) is 8.95. The molecule has 0 unspecified atom stereocenters.